The van der Waals surface area contributed by atoms with Crippen molar-refractivity contribution in [2.75, 3.05) is 0 Å². The van der Waals surface area contributed by atoms with Crippen LogP contribution in [0, 0.1) is 5.92 Å². The fraction of sp³-hybridized carbons (Fsp3) is 0.102. The van der Waals surface area contributed by atoms with E-state index in [1.807, 2.05) is 22.7 Å². The van der Waals surface area contributed by atoms with Crippen molar-refractivity contribution in [1.29, 1.82) is 0 Å². The molecule has 0 amide bonds. The van der Waals surface area contributed by atoms with E-state index < -0.39 is 0 Å². The molecule has 4 atom stereocenters. The van der Waals surface area contributed by atoms with E-state index >= 15 is 0 Å². The topological polar surface area (TPSA) is 41.0 Å². The van der Waals surface area contributed by atoms with Gasteiger partial charge in [0.15, 0.2) is 0 Å². The summed E-state index contributed by atoms with van der Waals surface area (Å²) < 4.78 is 6.54. The van der Waals surface area contributed by atoms with E-state index in [0.29, 0.717) is 0 Å². The zero-order valence-corrected chi connectivity index (χ0v) is 31.4. The molecule has 3 aromatic heterocycles. The van der Waals surface area contributed by atoms with E-state index in [4.69, 9.17) is 0 Å². The number of aromatic nitrogens is 1. The Balaban J connectivity index is 1.08. The number of nitrogens with one attached hydrogen (secondary N) is 3. The average molecular weight is 745 g/mol. The number of nitrogens with zero attached hydrogens (tertiary/aromatic N) is 1. The molecule has 3 N–H and O–H groups in total. The predicted molar refractivity (Wildman–Crippen MR) is 233 cm³/mol. The Kier molecular flexibility index (Phi) is 7.19. The summed E-state index contributed by atoms with van der Waals surface area (Å²) in [6, 6.07) is 51.1. The number of fused-ring (bicyclic) bond motifs is 12. The summed E-state index contributed by atoms with van der Waals surface area (Å²) in [5.74, 6) is 0.547. The largest absolute Gasteiger partial charge is 0.308 e. The summed E-state index contributed by atoms with van der Waals surface area (Å²) in [4.78, 5) is 1.36. The van der Waals surface area contributed by atoms with Crippen molar-refractivity contribution in [3.05, 3.63) is 191 Å². The van der Waals surface area contributed by atoms with Crippen LogP contribution in [-0.4, -0.2) is 10.7 Å². The lowest BCUT2D eigenvalue weighted by Gasteiger charge is -2.42. The molecule has 4 nitrogen and oxygen atoms in total. The van der Waals surface area contributed by atoms with Gasteiger partial charge in [0.05, 0.1) is 39.9 Å². The number of hydrogen-bond acceptors (Lipinski definition) is 5. The minimum atomic E-state index is -0.0828. The van der Waals surface area contributed by atoms with Crippen LogP contribution in [0.1, 0.15) is 39.8 Å². The number of hydrogen-bond donors (Lipinski definition) is 3. The molecule has 9 aromatic rings. The highest BCUT2D eigenvalue weighted by Gasteiger charge is 2.38. The van der Waals surface area contributed by atoms with E-state index in [0.717, 1.165) is 0 Å². The molecule has 1 aliphatic heterocycles. The van der Waals surface area contributed by atoms with Gasteiger partial charge in [0, 0.05) is 47.7 Å². The molecule has 1 fully saturated rings. The second-order valence-electron chi connectivity index (χ2n) is 14.9. The van der Waals surface area contributed by atoms with Crippen LogP contribution in [0.4, 0.5) is 0 Å². The summed E-state index contributed by atoms with van der Waals surface area (Å²) in [6.07, 6.45) is 11.6. The van der Waals surface area contributed by atoms with Gasteiger partial charge >= 0.3 is 0 Å². The van der Waals surface area contributed by atoms with Gasteiger partial charge in [-0.15, -0.1) is 22.7 Å². The predicted octanol–water partition coefficient (Wildman–Crippen LogP) is 12.1. The Morgan fingerprint density at radius 3 is 1.96 bits per heavy atom. The third kappa shape index (κ3) is 4.86. The van der Waals surface area contributed by atoms with Crippen molar-refractivity contribution in [3.63, 3.8) is 0 Å². The molecule has 1 saturated heterocycles. The molecule has 6 aromatic carbocycles. The minimum Gasteiger partial charge on any atom is -0.308 e. The molecule has 0 spiro atoms. The highest BCUT2D eigenvalue weighted by atomic mass is 32.1. The molecule has 4 unspecified atom stereocenters. The summed E-state index contributed by atoms with van der Waals surface area (Å²) in [7, 11) is 0. The zero-order chi connectivity index (χ0) is 36.0. The number of thiophene rings is 2. The monoisotopic (exact) mass is 744 g/mol. The molecular weight excluding hydrogens is 709 g/mol. The Morgan fingerprint density at radius 2 is 1.16 bits per heavy atom. The van der Waals surface area contributed by atoms with Gasteiger partial charge in [-0.2, -0.15) is 0 Å². The van der Waals surface area contributed by atoms with Crippen molar-refractivity contribution in [3.8, 4) is 5.69 Å². The lowest BCUT2D eigenvalue weighted by Crippen LogP contribution is -2.59. The van der Waals surface area contributed by atoms with E-state index in [9.17, 15) is 0 Å². The second kappa shape index (κ2) is 12.5. The van der Waals surface area contributed by atoms with Gasteiger partial charge in [0.2, 0.25) is 0 Å². The first kappa shape index (κ1) is 31.7. The van der Waals surface area contributed by atoms with Gasteiger partial charge in [-0.05, 0) is 58.0 Å². The lowest BCUT2D eigenvalue weighted by atomic mass is 9.75. The molecule has 3 aliphatic rings. The Labute approximate surface area is 326 Å². The van der Waals surface area contributed by atoms with Gasteiger partial charge in [0.1, 0.15) is 0 Å². The van der Waals surface area contributed by atoms with Crippen LogP contribution < -0.4 is 16.0 Å². The zero-order valence-electron chi connectivity index (χ0n) is 29.8. The first-order valence-corrected chi connectivity index (χ1v) is 20.8. The maximum atomic E-state index is 4.01. The van der Waals surface area contributed by atoms with Gasteiger partial charge in [-0.1, -0.05) is 140 Å². The van der Waals surface area contributed by atoms with Crippen LogP contribution in [0.15, 0.2) is 170 Å². The molecule has 2 aliphatic carbocycles. The van der Waals surface area contributed by atoms with Crippen LogP contribution in [0.3, 0.4) is 0 Å². The summed E-state index contributed by atoms with van der Waals surface area (Å²) in [5.41, 5.74) is 8.94. The maximum Gasteiger partial charge on any atom is 0.0875 e. The van der Waals surface area contributed by atoms with Crippen molar-refractivity contribution >= 4 is 80.3 Å². The second-order valence-corrected chi connectivity index (χ2v) is 17.0. The Morgan fingerprint density at radius 1 is 0.491 bits per heavy atom. The lowest BCUT2D eigenvalue weighted by molar-refractivity contribution is 0.233. The smallest absolute Gasteiger partial charge is 0.0875 e. The first-order valence-electron chi connectivity index (χ1n) is 19.1. The first-order chi connectivity index (χ1) is 27.3. The summed E-state index contributed by atoms with van der Waals surface area (Å²) >= 11 is 3.85. The van der Waals surface area contributed by atoms with E-state index in [1.54, 1.807) is 0 Å². The van der Waals surface area contributed by atoms with Crippen LogP contribution in [-0.2, 0) is 0 Å². The number of para-hydroxylation sites is 1. The van der Waals surface area contributed by atoms with Gasteiger partial charge in [-0.3, -0.25) is 16.0 Å². The fourth-order valence-corrected chi connectivity index (χ4v) is 12.0. The average Bonchev–Trinajstić information content (AvgIpc) is 3.94. The molecule has 12 rings (SSSR count). The third-order valence-corrected chi connectivity index (χ3v) is 14.3. The standard InChI is InChI=1S/C49H36N4S2/c1-3-14-29(15-4-1)47-50-48(30-16-5-2-6-17-30)52-49(51-47)36-28-31-18-7-8-19-32(31)42-35-22-13-24-39(45(35)55-46(36)42)53-37-23-11-9-20-33(37)43-38(53)26-27-41-44(43)34-21-10-12-25-40(34)54-41/h1-28,31-32,47-52H. The van der Waals surface area contributed by atoms with Gasteiger partial charge in [0.25, 0.3) is 0 Å². The van der Waals surface area contributed by atoms with Crippen LogP contribution >= 0.6 is 22.7 Å². The quantitative estimate of drug-likeness (QED) is 0.168. The highest BCUT2D eigenvalue weighted by molar-refractivity contribution is 7.26. The third-order valence-electron chi connectivity index (χ3n) is 11.9. The highest BCUT2D eigenvalue weighted by Crippen LogP contribution is 2.52. The van der Waals surface area contributed by atoms with E-state index in [2.05, 4.69) is 190 Å². The van der Waals surface area contributed by atoms with Crippen molar-refractivity contribution in [2.24, 2.45) is 5.92 Å². The number of rotatable bonds is 4. The van der Waals surface area contributed by atoms with Crippen LogP contribution in [0.25, 0.3) is 63.3 Å². The van der Waals surface area contributed by atoms with Gasteiger partial charge < -0.3 is 4.57 Å². The summed E-state index contributed by atoms with van der Waals surface area (Å²) in [5, 5.41) is 18.6. The van der Waals surface area contributed by atoms with E-state index in [1.165, 1.54) is 84.9 Å². The van der Waals surface area contributed by atoms with E-state index in [-0.39, 0.29) is 30.3 Å². The molecule has 0 radical (unpaired) electrons. The fourth-order valence-electron chi connectivity index (χ4n) is 9.46. The molecule has 0 bridgehead atoms. The van der Waals surface area contributed by atoms with Crippen LogP contribution in [0.5, 0.6) is 0 Å². The normalized spacial score (nSPS) is 22.1. The number of allylic oxidation sites excluding steroid dienone is 5. The Bertz CT molecular complexity index is 3010. The SMILES string of the molecule is C1=CC2C=C(C3NC(c4ccccc4)NC(c4ccccc4)N3)c3sc4c(-n5c6ccccc6c6c7c(ccc65)sc5ccccc57)cccc4c3C2C=C1. The number of benzene rings is 6. The van der Waals surface area contributed by atoms with Crippen LogP contribution in [0.2, 0.25) is 0 Å². The molecule has 0 saturated carbocycles. The Hall–Kier alpha value is -5.60. The van der Waals surface area contributed by atoms with Crippen molar-refractivity contribution in [1.82, 2.24) is 20.5 Å². The van der Waals surface area contributed by atoms with Gasteiger partial charge in [-0.25, -0.2) is 0 Å². The van der Waals surface area contributed by atoms with Crippen molar-refractivity contribution in [2.45, 2.75) is 24.4 Å². The van der Waals surface area contributed by atoms with Crippen molar-refractivity contribution < 1.29 is 0 Å². The molecule has 6 heteroatoms. The minimum absolute atomic E-state index is 0.0333. The maximum absolute atomic E-state index is 4.01. The molecule has 55 heavy (non-hydrogen) atoms. The molecule has 4 heterocycles. The summed E-state index contributed by atoms with van der Waals surface area (Å²) in [6.45, 7) is 0. The molecule has 264 valence electrons. The molecular formula is C49H36N4S2.